The average Bonchev–Trinajstić information content (AvgIpc) is 2.58. The zero-order valence-electron chi connectivity index (χ0n) is 7.98. The largest absolute Gasteiger partial charge is 0.340 e. The summed E-state index contributed by atoms with van der Waals surface area (Å²) in [7, 11) is 0. The molecule has 2 aromatic heterocycles. The normalized spacial score (nSPS) is 10.5. The maximum atomic E-state index is 11.4. The molecule has 0 bridgehead atoms. The van der Waals surface area contributed by atoms with Crippen molar-refractivity contribution in [3.8, 4) is 0 Å². The molecule has 0 aliphatic heterocycles. The van der Waals surface area contributed by atoms with Crippen LogP contribution >= 0.6 is 15.9 Å². The van der Waals surface area contributed by atoms with Gasteiger partial charge in [-0.1, -0.05) is 5.16 Å². The predicted octanol–water partition coefficient (Wildman–Crippen LogP) is 1.35. The zero-order valence-corrected chi connectivity index (χ0v) is 9.56. The van der Waals surface area contributed by atoms with E-state index in [9.17, 15) is 4.79 Å². The summed E-state index contributed by atoms with van der Waals surface area (Å²) in [6.07, 6.45) is 1.69. The molecule has 0 spiro atoms. The topological polar surface area (TPSA) is 60.9 Å². The van der Waals surface area contributed by atoms with Crippen LogP contribution in [0.15, 0.2) is 32.1 Å². The van der Waals surface area contributed by atoms with E-state index >= 15 is 0 Å². The van der Waals surface area contributed by atoms with E-state index in [0.29, 0.717) is 18.3 Å². The molecule has 0 fully saturated rings. The van der Waals surface area contributed by atoms with Gasteiger partial charge < -0.3 is 9.09 Å². The molecule has 0 unspecified atom stereocenters. The van der Waals surface area contributed by atoms with Gasteiger partial charge in [0.1, 0.15) is 0 Å². The first-order valence-electron chi connectivity index (χ1n) is 4.30. The van der Waals surface area contributed by atoms with Gasteiger partial charge in [0.2, 0.25) is 5.89 Å². The first kappa shape index (κ1) is 10.1. The van der Waals surface area contributed by atoms with Crippen LogP contribution in [-0.2, 0) is 6.54 Å². The third-order valence-electron chi connectivity index (χ3n) is 1.83. The van der Waals surface area contributed by atoms with Crippen LogP contribution in [-0.4, -0.2) is 14.7 Å². The number of hydrogen-bond acceptors (Lipinski definition) is 4. The number of rotatable bonds is 2. The van der Waals surface area contributed by atoms with Gasteiger partial charge >= 0.3 is 0 Å². The Labute approximate surface area is 93.9 Å². The fraction of sp³-hybridized carbons (Fsp3) is 0.222. The Bertz CT molecular complexity index is 532. The molecule has 0 aliphatic rings. The molecule has 0 N–H and O–H groups in total. The molecule has 5 nitrogen and oxygen atoms in total. The average molecular weight is 270 g/mol. The van der Waals surface area contributed by atoms with Crippen molar-refractivity contribution in [1.82, 2.24) is 14.7 Å². The Morgan fingerprint density at radius 3 is 3.00 bits per heavy atom. The van der Waals surface area contributed by atoms with E-state index in [0.717, 1.165) is 4.47 Å². The number of halogens is 1. The predicted molar refractivity (Wildman–Crippen MR) is 56.5 cm³/mol. The molecule has 6 heteroatoms. The SMILES string of the molecule is Cc1nc(Cn2cc(Br)ccc2=O)no1. The summed E-state index contributed by atoms with van der Waals surface area (Å²) in [4.78, 5) is 15.5. The van der Waals surface area contributed by atoms with Crippen molar-refractivity contribution in [2.75, 3.05) is 0 Å². The molecule has 0 saturated heterocycles. The molecule has 2 rings (SSSR count). The number of hydrogen-bond donors (Lipinski definition) is 0. The Balaban J connectivity index is 2.31. The molecule has 0 amide bonds. The highest BCUT2D eigenvalue weighted by atomic mass is 79.9. The van der Waals surface area contributed by atoms with E-state index in [1.54, 1.807) is 19.2 Å². The van der Waals surface area contributed by atoms with Crippen LogP contribution in [0.5, 0.6) is 0 Å². The fourth-order valence-corrected chi connectivity index (χ4v) is 1.56. The van der Waals surface area contributed by atoms with Crippen molar-refractivity contribution in [3.05, 3.63) is 44.9 Å². The van der Waals surface area contributed by atoms with E-state index < -0.39 is 0 Å². The Hall–Kier alpha value is -1.43. The number of aryl methyl sites for hydroxylation is 1. The van der Waals surface area contributed by atoms with Gasteiger partial charge in [0.25, 0.3) is 5.56 Å². The summed E-state index contributed by atoms with van der Waals surface area (Å²) in [5, 5.41) is 3.72. The minimum absolute atomic E-state index is 0.0966. The zero-order chi connectivity index (χ0) is 10.8. The lowest BCUT2D eigenvalue weighted by Gasteiger charge is -2.01. The highest BCUT2D eigenvalue weighted by Crippen LogP contribution is 2.06. The number of pyridine rings is 1. The van der Waals surface area contributed by atoms with E-state index in [2.05, 4.69) is 26.1 Å². The highest BCUT2D eigenvalue weighted by Gasteiger charge is 2.04. The van der Waals surface area contributed by atoms with Crippen molar-refractivity contribution in [3.63, 3.8) is 0 Å². The van der Waals surface area contributed by atoms with Crippen LogP contribution in [0, 0.1) is 6.92 Å². The van der Waals surface area contributed by atoms with Crippen molar-refractivity contribution in [2.45, 2.75) is 13.5 Å². The van der Waals surface area contributed by atoms with Gasteiger partial charge in [0, 0.05) is 23.7 Å². The first-order chi connectivity index (χ1) is 7.15. The van der Waals surface area contributed by atoms with E-state index in [1.807, 2.05) is 0 Å². The maximum absolute atomic E-state index is 11.4. The van der Waals surface area contributed by atoms with Gasteiger partial charge in [0.05, 0.1) is 6.54 Å². The second-order valence-electron chi connectivity index (χ2n) is 3.04. The maximum Gasteiger partial charge on any atom is 0.251 e. The van der Waals surface area contributed by atoms with Crippen LogP contribution in [0.25, 0.3) is 0 Å². The Morgan fingerprint density at radius 2 is 2.33 bits per heavy atom. The summed E-state index contributed by atoms with van der Waals surface area (Å²) < 4.78 is 7.16. The quantitative estimate of drug-likeness (QED) is 0.826. The lowest BCUT2D eigenvalue weighted by Crippen LogP contribution is -2.19. The van der Waals surface area contributed by atoms with Gasteiger partial charge in [0.15, 0.2) is 5.82 Å². The number of nitrogens with zero attached hydrogens (tertiary/aromatic N) is 3. The third kappa shape index (κ3) is 2.33. The minimum Gasteiger partial charge on any atom is -0.340 e. The Kier molecular flexibility index (Phi) is 2.68. The molecule has 0 aromatic carbocycles. The van der Waals surface area contributed by atoms with Crippen molar-refractivity contribution < 1.29 is 4.52 Å². The van der Waals surface area contributed by atoms with Gasteiger partial charge in [-0.2, -0.15) is 4.98 Å². The summed E-state index contributed by atoms with van der Waals surface area (Å²) in [5.41, 5.74) is -0.0966. The Morgan fingerprint density at radius 1 is 1.53 bits per heavy atom. The minimum atomic E-state index is -0.0966. The fourth-order valence-electron chi connectivity index (χ4n) is 1.18. The van der Waals surface area contributed by atoms with Gasteiger partial charge in [-0.3, -0.25) is 4.79 Å². The standard InChI is InChI=1S/C9H8BrN3O2/c1-6-11-8(12-15-6)5-13-4-7(10)2-3-9(13)14/h2-4H,5H2,1H3. The second kappa shape index (κ2) is 3.98. The highest BCUT2D eigenvalue weighted by molar-refractivity contribution is 9.10. The molecule has 0 aliphatic carbocycles. The van der Waals surface area contributed by atoms with Crippen LogP contribution in [0.3, 0.4) is 0 Å². The first-order valence-corrected chi connectivity index (χ1v) is 5.09. The van der Waals surface area contributed by atoms with Crippen LogP contribution in [0.1, 0.15) is 11.7 Å². The molecule has 0 saturated carbocycles. The van der Waals surface area contributed by atoms with Crippen LogP contribution < -0.4 is 5.56 Å². The van der Waals surface area contributed by atoms with Gasteiger partial charge in [-0.15, -0.1) is 0 Å². The number of aromatic nitrogens is 3. The van der Waals surface area contributed by atoms with Gasteiger partial charge in [-0.05, 0) is 22.0 Å². The van der Waals surface area contributed by atoms with E-state index in [1.165, 1.54) is 10.6 Å². The molecular formula is C9H8BrN3O2. The second-order valence-corrected chi connectivity index (χ2v) is 3.96. The third-order valence-corrected chi connectivity index (χ3v) is 2.30. The monoisotopic (exact) mass is 269 g/mol. The molecule has 2 aromatic rings. The molecule has 15 heavy (non-hydrogen) atoms. The molecule has 2 heterocycles. The molecule has 78 valence electrons. The smallest absolute Gasteiger partial charge is 0.251 e. The lowest BCUT2D eigenvalue weighted by atomic mass is 10.4. The van der Waals surface area contributed by atoms with Crippen LogP contribution in [0.4, 0.5) is 0 Å². The summed E-state index contributed by atoms with van der Waals surface area (Å²) in [6.45, 7) is 2.02. The summed E-state index contributed by atoms with van der Waals surface area (Å²) >= 11 is 3.29. The van der Waals surface area contributed by atoms with Crippen molar-refractivity contribution in [1.29, 1.82) is 0 Å². The molecular weight excluding hydrogens is 262 g/mol. The van der Waals surface area contributed by atoms with Gasteiger partial charge in [-0.25, -0.2) is 0 Å². The summed E-state index contributed by atoms with van der Waals surface area (Å²) in [6, 6.07) is 3.18. The molecule has 0 atom stereocenters. The molecule has 0 radical (unpaired) electrons. The lowest BCUT2D eigenvalue weighted by molar-refractivity contribution is 0.386. The summed E-state index contributed by atoms with van der Waals surface area (Å²) in [5.74, 6) is 0.987. The van der Waals surface area contributed by atoms with Crippen molar-refractivity contribution >= 4 is 15.9 Å². The van der Waals surface area contributed by atoms with Crippen molar-refractivity contribution in [2.24, 2.45) is 0 Å². The van der Waals surface area contributed by atoms with E-state index in [4.69, 9.17) is 4.52 Å². The van der Waals surface area contributed by atoms with Crippen LogP contribution in [0.2, 0.25) is 0 Å². The van der Waals surface area contributed by atoms with E-state index in [-0.39, 0.29) is 5.56 Å².